The van der Waals surface area contributed by atoms with Crippen molar-refractivity contribution in [3.8, 4) is 0 Å². The number of hydrogen-bond acceptors (Lipinski definition) is 2. The number of aromatic nitrogens is 1. The molecule has 0 N–H and O–H groups in total. The van der Waals surface area contributed by atoms with Gasteiger partial charge in [0.15, 0.2) is 0 Å². The monoisotopic (exact) mass is 337 g/mol. The summed E-state index contributed by atoms with van der Waals surface area (Å²) in [6, 6.07) is 17.7. The molecule has 1 aliphatic rings. The third-order valence-electron chi connectivity index (χ3n) is 4.39. The molecule has 120 valence electrons. The Morgan fingerprint density at radius 1 is 1.12 bits per heavy atom. The number of halogens is 1. The molecule has 1 aliphatic heterocycles. The average molecular weight is 337 g/mol. The summed E-state index contributed by atoms with van der Waals surface area (Å²) < 4.78 is 15.8. The SMILES string of the molecule is CC[n+]1c(/C=C2\Sc3ccc(F)cc3N2C)ccc2ccccc21. The van der Waals surface area contributed by atoms with E-state index in [-0.39, 0.29) is 5.82 Å². The number of fused-ring (bicyclic) bond motifs is 2. The zero-order valence-corrected chi connectivity index (χ0v) is 14.5. The van der Waals surface area contributed by atoms with Gasteiger partial charge in [-0.15, -0.1) is 0 Å². The van der Waals surface area contributed by atoms with Gasteiger partial charge >= 0.3 is 0 Å². The number of pyridine rings is 1. The van der Waals surface area contributed by atoms with Gasteiger partial charge in [-0.3, -0.25) is 0 Å². The van der Waals surface area contributed by atoms with Gasteiger partial charge in [-0.25, -0.2) is 4.39 Å². The van der Waals surface area contributed by atoms with Crippen LogP contribution in [0.3, 0.4) is 0 Å². The van der Waals surface area contributed by atoms with Crippen molar-refractivity contribution in [1.29, 1.82) is 0 Å². The third kappa shape index (κ3) is 2.47. The van der Waals surface area contributed by atoms with E-state index in [0.29, 0.717) is 0 Å². The zero-order valence-electron chi connectivity index (χ0n) is 13.7. The molecule has 0 bridgehead atoms. The van der Waals surface area contributed by atoms with Gasteiger partial charge in [0.1, 0.15) is 12.4 Å². The van der Waals surface area contributed by atoms with Crippen LogP contribution in [0.5, 0.6) is 0 Å². The van der Waals surface area contributed by atoms with Crippen LogP contribution in [0, 0.1) is 5.82 Å². The molecule has 0 saturated carbocycles. The second-order valence-electron chi connectivity index (χ2n) is 5.82. The maximum Gasteiger partial charge on any atom is 0.212 e. The number of rotatable bonds is 2. The van der Waals surface area contributed by atoms with Crippen molar-refractivity contribution in [2.24, 2.45) is 0 Å². The summed E-state index contributed by atoms with van der Waals surface area (Å²) in [5, 5.41) is 2.34. The summed E-state index contributed by atoms with van der Waals surface area (Å²) in [7, 11) is 1.99. The molecule has 1 aromatic heterocycles. The van der Waals surface area contributed by atoms with E-state index in [1.54, 1.807) is 17.8 Å². The fraction of sp³-hybridized carbons (Fsp3) is 0.150. The quantitative estimate of drug-likeness (QED) is 0.619. The molecule has 2 nitrogen and oxygen atoms in total. The lowest BCUT2D eigenvalue weighted by Gasteiger charge is -2.13. The second kappa shape index (κ2) is 5.95. The summed E-state index contributed by atoms with van der Waals surface area (Å²) in [4.78, 5) is 3.15. The molecule has 0 aliphatic carbocycles. The lowest BCUT2D eigenvalue weighted by molar-refractivity contribution is -0.669. The molecular formula is C20H18FN2S+. The van der Waals surface area contributed by atoms with E-state index in [1.165, 1.54) is 17.0 Å². The molecule has 0 amide bonds. The van der Waals surface area contributed by atoms with Crippen LogP contribution in [0.15, 0.2) is 64.5 Å². The second-order valence-corrected chi connectivity index (χ2v) is 6.88. The molecule has 0 unspecified atom stereocenters. The highest BCUT2D eigenvalue weighted by Crippen LogP contribution is 2.45. The largest absolute Gasteiger partial charge is 0.338 e. The number of hydrogen-bond donors (Lipinski definition) is 0. The average Bonchev–Trinajstić information content (AvgIpc) is 2.90. The Bertz CT molecular complexity index is 965. The summed E-state index contributed by atoms with van der Waals surface area (Å²) >= 11 is 1.68. The number of thioether (sulfide) groups is 1. The Hall–Kier alpha value is -2.33. The van der Waals surface area contributed by atoms with Gasteiger partial charge in [-0.2, -0.15) is 4.57 Å². The number of aryl methyl sites for hydroxylation is 1. The summed E-state index contributed by atoms with van der Waals surface area (Å²) in [6.45, 7) is 3.06. The first-order valence-corrected chi connectivity index (χ1v) is 8.83. The molecule has 0 fully saturated rings. The predicted octanol–water partition coefficient (Wildman–Crippen LogP) is 4.83. The van der Waals surface area contributed by atoms with Gasteiger partial charge in [0.2, 0.25) is 11.2 Å². The van der Waals surface area contributed by atoms with Gasteiger partial charge in [0.25, 0.3) is 0 Å². The Labute approximate surface area is 145 Å². The maximum absolute atomic E-state index is 13.5. The molecule has 0 radical (unpaired) electrons. The highest BCUT2D eigenvalue weighted by molar-refractivity contribution is 8.03. The molecule has 24 heavy (non-hydrogen) atoms. The fourth-order valence-corrected chi connectivity index (χ4v) is 4.23. The number of benzene rings is 2. The van der Waals surface area contributed by atoms with E-state index in [2.05, 4.69) is 58.9 Å². The molecule has 2 heterocycles. The van der Waals surface area contributed by atoms with Crippen molar-refractivity contribution in [3.63, 3.8) is 0 Å². The van der Waals surface area contributed by atoms with Crippen molar-refractivity contribution < 1.29 is 8.96 Å². The highest BCUT2D eigenvalue weighted by Gasteiger charge is 2.24. The fourth-order valence-electron chi connectivity index (χ4n) is 3.15. The van der Waals surface area contributed by atoms with E-state index in [4.69, 9.17) is 0 Å². The summed E-state index contributed by atoms with van der Waals surface area (Å²) in [6.07, 6.45) is 2.18. The maximum atomic E-state index is 13.5. The van der Waals surface area contributed by atoms with Crippen LogP contribution in [0.1, 0.15) is 12.6 Å². The first kappa shape index (κ1) is 15.2. The van der Waals surface area contributed by atoms with Crippen molar-refractivity contribution in [2.75, 3.05) is 11.9 Å². The number of anilines is 1. The van der Waals surface area contributed by atoms with E-state index in [9.17, 15) is 4.39 Å². The van der Waals surface area contributed by atoms with E-state index >= 15 is 0 Å². The molecule has 0 spiro atoms. The molecule has 2 aromatic carbocycles. The van der Waals surface area contributed by atoms with Crippen LogP contribution in [0.25, 0.3) is 17.0 Å². The predicted molar refractivity (Wildman–Crippen MR) is 98.5 cm³/mol. The van der Waals surface area contributed by atoms with Gasteiger partial charge in [0.05, 0.1) is 10.7 Å². The molecule has 0 saturated heterocycles. The molecular weight excluding hydrogens is 319 g/mol. The molecule has 3 aromatic rings. The van der Waals surface area contributed by atoms with Crippen LogP contribution in [-0.4, -0.2) is 7.05 Å². The Kier molecular flexibility index (Phi) is 3.77. The van der Waals surface area contributed by atoms with Crippen LogP contribution >= 0.6 is 11.8 Å². The van der Waals surface area contributed by atoms with Crippen molar-refractivity contribution in [2.45, 2.75) is 18.4 Å². The smallest absolute Gasteiger partial charge is 0.212 e. The van der Waals surface area contributed by atoms with Gasteiger partial charge < -0.3 is 4.90 Å². The first-order valence-electron chi connectivity index (χ1n) is 8.02. The minimum absolute atomic E-state index is 0.197. The Balaban J connectivity index is 1.81. The highest BCUT2D eigenvalue weighted by atomic mass is 32.2. The van der Waals surface area contributed by atoms with Crippen molar-refractivity contribution in [3.05, 3.63) is 71.1 Å². The standard InChI is InChI=1S/C20H18FN2S/c1-3-23-16(10-8-14-6-4-5-7-17(14)23)13-20-22(2)18-12-15(21)9-11-19(18)24-20/h4-13H,3H2,1-2H3/q+1. The van der Waals surface area contributed by atoms with Gasteiger partial charge in [-0.05, 0) is 37.3 Å². The lowest BCUT2D eigenvalue weighted by atomic mass is 10.2. The molecule has 0 atom stereocenters. The van der Waals surface area contributed by atoms with Crippen molar-refractivity contribution >= 4 is 34.4 Å². The Morgan fingerprint density at radius 3 is 2.79 bits per heavy atom. The summed E-state index contributed by atoms with van der Waals surface area (Å²) in [5.41, 5.74) is 3.30. The third-order valence-corrected chi connectivity index (χ3v) is 5.55. The van der Waals surface area contributed by atoms with Crippen LogP contribution < -0.4 is 9.47 Å². The van der Waals surface area contributed by atoms with E-state index in [1.807, 2.05) is 13.1 Å². The van der Waals surface area contributed by atoms with Gasteiger partial charge in [0, 0.05) is 35.5 Å². The van der Waals surface area contributed by atoms with Crippen molar-refractivity contribution in [1.82, 2.24) is 0 Å². The minimum atomic E-state index is -0.197. The Morgan fingerprint density at radius 2 is 1.96 bits per heavy atom. The van der Waals surface area contributed by atoms with E-state index < -0.39 is 0 Å². The normalized spacial score (nSPS) is 15.3. The van der Waals surface area contributed by atoms with Crippen LogP contribution in [0.2, 0.25) is 0 Å². The molecule has 4 heteroatoms. The number of para-hydroxylation sites is 1. The first-order chi connectivity index (χ1) is 11.7. The number of nitrogens with zero attached hydrogens (tertiary/aromatic N) is 2. The van der Waals surface area contributed by atoms with E-state index in [0.717, 1.165) is 27.9 Å². The van der Waals surface area contributed by atoms with Crippen LogP contribution in [0.4, 0.5) is 10.1 Å². The summed E-state index contributed by atoms with van der Waals surface area (Å²) in [5.74, 6) is -0.197. The van der Waals surface area contributed by atoms with Crippen LogP contribution in [-0.2, 0) is 6.54 Å². The topological polar surface area (TPSA) is 7.12 Å². The zero-order chi connectivity index (χ0) is 16.7. The molecule has 4 rings (SSSR count). The lowest BCUT2D eigenvalue weighted by Crippen LogP contribution is -2.36. The van der Waals surface area contributed by atoms with Gasteiger partial charge in [-0.1, -0.05) is 23.9 Å². The minimum Gasteiger partial charge on any atom is -0.338 e.